The molecule has 1 aromatic rings. The van der Waals surface area contributed by atoms with E-state index in [1.807, 2.05) is 26.0 Å². The first-order chi connectivity index (χ1) is 9.47. The minimum atomic E-state index is -0.492. The SMILES string of the molecule is C=C1OB(c2ccc(N3CCCC3=O)nc2)OC1(C)C. The van der Waals surface area contributed by atoms with E-state index >= 15 is 0 Å². The largest absolute Gasteiger partial charge is 0.564 e. The van der Waals surface area contributed by atoms with Gasteiger partial charge in [0, 0.05) is 24.6 Å². The van der Waals surface area contributed by atoms with E-state index in [1.54, 1.807) is 11.1 Å². The summed E-state index contributed by atoms with van der Waals surface area (Å²) in [6, 6.07) is 3.71. The van der Waals surface area contributed by atoms with Crippen LogP contribution in [-0.4, -0.2) is 30.2 Å². The highest BCUT2D eigenvalue weighted by molar-refractivity contribution is 6.62. The van der Waals surface area contributed by atoms with Gasteiger partial charge in [0.2, 0.25) is 5.91 Å². The number of hydrogen-bond acceptors (Lipinski definition) is 4. The maximum atomic E-state index is 11.7. The first kappa shape index (κ1) is 13.2. The van der Waals surface area contributed by atoms with Gasteiger partial charge in [-0.2, -0.15) is 0 Å². The second kappa shape index (κ2) is 4.63. The van der Waals surface area contributed by atoms with Crippen molar-refractivity contribution in [2.75, 3.05) is 11.4 Å². The molecule has 3 heterocycles. The highest BCUT2D eigenvalue weighted by Gasteiger charge is 2.43. The molecule has 2 aliphatic rings. The fourth-order valence-corrected chi connectivity index (χ4v) is 2.35. The maximum absolute atomic E-state index is 11.7. The highest BCUT2D eigenvalue weighted by Crippen LogP contribution is 2.29. The number of aromatic nitrogens is 1. The molecule has 0 spiro atoms. The summed E-state index contributed by atoms with van der Waals surface area (Å²) < 4.78 is 11.4. The maximum Gasteiger partial charge on any atom is 0.564 e. The average molecular weight is 272 g/mol. The molecular formula is C14H17BN2O3. The molecule has 1 aromatic heterocycles. The molecule has 0 aliphatic carbocycles. The topological polar surface area (TPSA) is 51.7 Å². The van der Waals surface area contributed by atoms with Crippen LogP contribution in [0.3, 0.4) is 0 Å². The van der Waals surface area contributed by atoms with Gasteiger partial charge in [-0.3, -0.25) is 9.69 Å². The standard InChI is InChI=1S/C14H17BN2O3/c1-10-14(2,3)20-15(19-10)11-6-7-12(16-9-11)17-8-4-5-13(17)18/h6-7,9H,1,4-5,8H2,2-3H3. The van der Waals surface area contributed by atoms with Crippen LogP contribution in [-0.2, 0) is 14.1 Å². The minimum Gasteiger partial charge on any atom is -0.534 e. The molecule has 2 aliphatic heterocycles. The zero-order chi connectivity index (χ0) is 14.3. The molecule has 2 saturated heterocycles. The first-order valence-electron chi connectivity index (χ1n) is 6.77. The van der Waals surface area contributed by atoms with Gasteiger partial charge < -0.3 is 9.31 Å². The highest BCUT2D eigenvalue weighted by atomic mass is 16.7. The van der Waals surface area contributed by atoms with Gasteiger partial charge in [-0.25, -0.2) is 4.98 Å². The fraction of sp³-hybridized carbons (Fsp3) is 0.429. The molecule has 3 rings (SSSR count). The monoisotopic (exact) mass is 272 g/mol. The Morgan fingerprint density at radius 1 is 1.45 bits per heavy atom. The predicted molar refractivity (Wildman–Crippen MR) is 76.6 cm³/mol. The molecule has 1 amide bonds. The molecule has 2 fully saturated rings. The fourth-order valence-electron chi connectivity index (χ4n) is 2.35. The lowest BCUT2D eigenvalue weighted by Gasteiger charge is -2.16. The lowest BCUT2D eigenvalue weighted by molar-refractivity contribution is -0.117. The number of amides is 1. The molecule has 0 radical (unpaired) electrons. The van der Waals surface area contributed by atoms with E-state index in [-0.39, 0.29) is 5.91 Å². The molecule has 0 unspecified atom stereocenters. The Morgan fingerprint density at radius 2 is 2.25 bits per heavy atom. The summed E-state index contributed by atoms with van der Waals surface area (Å²) in [5, 5.41) is 0. The van der Waals surface area contributed by atoms with Crippen LogP contribution in [0.15, 0.2) is 30.7 Å². The number of nitrogens with zero attached hydrogens (tertiary/aromatic N) is 2. The van der Waals surface area contributed by atoms with Crippen molar-refractivity contribution >= 4 is 24.3 Å². The second-order valence-corrected chi connectivity index (χ2v) is 5.60. The van der Waals surface area contributed by atoms with Crippen molar-refractivity contribution in [1.29, 1.82) is 0 Å². The van der Waals surface area contributed by atoms with Crippen LogP contribution in [0.25, 0.3) is 0 Å². The van der Waals surface area contributed by atoms with Gasteiger partial charge in [0.05, 0.1) is 5.76 Å². The number of anilines is 1. The second-order valence-electron chi connectivity index (χ2n) is 5.60. The minimum absolute atomic E-state index is 0.133. The molecule has 0 saturated carbocycles. The number of pyridine rings is 1. The first-order valence-corrected chi connectivity index (χ1v) is 6.77. The van der Waals surface area contributed by atoms with Crippen molar-refractivity contribution in [2.24, 2.45) is 0 Å². The van der Waals surface area contributed by atoms with Gasteiger partial charge in [-0.05, 0) is 26.3 Å². The Labute approximate surface area is 118 Å². The molecule has 0 N–H and O–H groups in total. The molecular weight excluding hydrogens is 255 g/mol. The number of carbonyl (C=O) groups excluding carboxylic acids is 1. The van der Waals surface area contributed by atoms with Gasteiger partial charge in [-0.15, -0.1) is 0 Å². The summed E-state index contributed by atoms with van der Waals surface area (Å²) in [7, 11) is -0.478. The van der Waals surface area contributed by atoms with Crippen LogP contribution in [0.1, 0.15) is 26.7 Å². The van der Waals surface area contributed by atoms with Crippen LogP contribution in [0, 0.1) is 0 Å². The quantitative estimate of drug-likeness (QED) is 0.760. The van der Waals surface area contributed by atoms with E-state index in [0.717, 1.165) is 18.4 Å². The van der Waals surface area contributed by atoms with E-state index in [9.17, 15) is 4.79 Å². The van der Waals surface area contributed by atoms with E-state index in [4.69, 9.17) is 9.31 Å². The summed E-state index contributed by atoms with van der Waals surface area (Å²) in [5.74, 6) is 1.43. The lowest BCUT2D eigenvalue weighted by Crippen LogP contribution is -2.35. The van der Waals surface area contributed by atoms with Crippen LogP contribution in [0.2, 0.25) is 0 Å². The summed E-state index contributed by atoms with van der Waals surface area (Å²) in [5.41, 5.74) is 0.334. The van der Waals surface area contributed by atoms with Gasteiger partial charge in [0.25, 0.3) is 0 Å². The third kappa shape index (κ3) is 2.20. The molecule has 104 valence electrons. The van der Waals surface area contributed by atoms with Gasteiger partial charge in [-0.1, -0.05) is 12.6 Å². The van der Waals surface area contributed by atoms with Crippen molar-refractivity contribution in [1.82, 2.24) is 4.98 Å². The van der Waals surface area contributed by atoms with Gasteiger partial charge in [0.15, 0.2) is 0 Å². The lowest BCUT2D eigenvalue weighted by atomic mass is 9.80. The van der Waals surface area contributed by atoms with E-state index in [2.05, 4.69) is 11.6 Å². The average Bonchev–Trinajstić information content (AvgIpc) is 2.94. The zero-order valence-corrected chi connectivity index (χ0v) is 11.8. The normalized spacial score (nSPS) is 21.5. The molecule has 0 aromatic carbocycles. The van der Waals surface area contributed by atoms with Crippen LogP contribution < -0.4 is 10.4 Å². The van der Waals surface area contributed by atoms with E-state index in [1.165, 1.54) is 0 Å². The smallest absolute Gasteiger partial charge is 0.534 e. The van der Waals surface area contributed by atoms with Gasteiger partial charge >= 0.3 is 7.12 Å². The summed E-state index contributed by atoms with van der Waals surface area (Å²) in [4.78, 5) is 17.7. The molecule has 0 atom stereocenters. The number of hydrogen-bond donors (Lipinski definition) is 0. The van der Waals surface area contributed by atoms with Crippen LogP contribution >= 0.6 is 0 Å². The third-order valence-electron chi connectivity index (χ3n) is 3.72. The third-order valence-corrected chi connectivity index (χ3v) is 3.72. The zero-order valence-electron chi connectivity index (χ0n) is 11.8. The number of rotatable bonds is 2. The van der Waals surface area contributed by atoms with E-state index in [0.29, 0.717) is 18.0 Å². The van der Waals surface area contributed by atoms with Gasteiger partial charge in [0.1, 0.15) is 11.4 Å². The molecule has 5 nitrogen and oxygen atoms in total. The predicted octanol–water partition coefficient (Wildman–Crippen LogP) is 1.24. The Balaban J connectivity index is 1.77. The summed E-state index contributed by atoms with van der Waals surface area (Å²) in [6.07, 6.45) is 3.19. The van der Waals surface area contributed by atoms with Crippen molar-refractivity contribution < 1.29 is 14.1 Å². The Bertz CT molecular complexity index is 556. The summed E-state index contributed by atoms with van der Waals surface area (Å²) in [6.45, 7) is 8.43. The molecule has 20 heavy (non-hydrogen) atoms. The van der Waals surface area contributed by atoms with Crippen LogP contribution in [0.5, 0.6) is 0 Å². The van der Waals surface area contributed by atoms with Crippen molar-refractivity contribution in [2.45, 2.75) is 32.3 Å². The summed E-state index contributed by atoms with van der Waals surface area (Å²) >= 11 is 0. The Morgan fingerprint density at radius 3 is 2.75 bits per heavy atom. The van der Waals surface area contributed by atoms with Crippen molar-refractivity contribution in [3.63, 3.8) is 0 Å². The van der Waals surface area contributed by atoms with Crippen molar-refractivity contribution in [3.8, 4) is 0 Å². The molecule has 0 bridgehead atoms. The van der Waals surface area contributed by atoms with Crippen LogP contribution in [0.4, 0.5) is 5.82 Å². The Hall–Kier alpha value is -1.82. The van der Waals surface area contributed by atoms with E-state index < -0.39 is 12.7 Å². The Kier molecular flexibility index (Phi) is 3.05. The molecule has 6 heteroatoms. The number of carbonyl (C=O) groups is 1. The van der Waals surface area contributed by atoms with Crippen molar-refractivity contribution in [3.05, 3.63) is 30.7 Å².